The molecule has 2 heteroatoms. The Morgan fingerprint density at radius 3 is 2.31 bits per heavy atom. The smallest absolute Gasteiger partial charge is 0.302 e. The van der Waals surface area contributed by atoms with Crippen LogP contribution in [0.25, 0.3) is 0 Å². The average molecular weight is 224 g/mol. The summed E-state index contributed by atoms with van der Waals surface area (Å²) in [5.41, 5.74) is 1.21. The van der Waals surface area contributed by atoms with Crippen LogP contribution in [0.4, 0.5) is 0 Å². The van der Waals surface area contributed by atoms with Gasteiger partial charge in [-0.15, -0.1) is 0 Å². The summed E-state index contributed by atoms with van der Waals surface area (Å²) in [6.45, 7) is 12.0. The van der Waals surface area contributed by atoms with Gasteiger partial charge in [0.2, 0.25) is 0 Å². The van der Waals surface area contributed by atoms with Crippen LogP contribution in [0.5, 0.6) is 0 Å². The van der Waals surface area contributed by atoms with E-state index in [4.69, 9.17) is 4.74 Å². The fraction of sp³-hybridized carbons (Fsp3) is 0.643. The minimum atomic E-state index is -0.194. The van der Waals surface area contributed by atoms with Gasteiger partial charge in [0, 0.05) is 12.8 Å². The molecule has 0 radical (unpaired) electrons. The van der Waals surface area contributed by atoms with Crippen LogP contribution in [-0.4, -0.2) is 12.6 Å². The number of allylic oxidation sites excluding steroid dienone is 2. The summed E-state index contributed by atoms with van der Waals surface area (Å²) in [6, 6.07) is 0. The maximum atomic E-state index is 10.6. The van der Waals surface area contributed by atoms with Gasteiger partial charge in [-0.1, -0.05) is 38.2 Å². The molecule has 0 fully saturated rings. The Balaban J connectivity index is 0.00000106. The molecule has 0 aromatic rings. The second kappa shape index (κ2) is 8.14. The zero-order chi connectivity index (χ0) is 12.6. The van der Waals surface area contributed by atoms with E-state index in [1.807, 2.05) is 13.8 Å². The van der Waals surface area contributed by atoms with E-state index in [2.05, 4.69) is 25.7 Å². The van der Waals surface area contributed by atoms with Gasteiger partial charge in [0.05, 0.1) is 6.61 Å². The predicted molar refractivity (Wildman–Crippen MR) is 68.1 cm³/mol. The quantitative estimate of drug-likeness (QED) is 0.539. The first kappa shape index (κ1) is 14.9. The first-order valence-electron chi connectivity index (χ1n) is 6.06. The average Bonchev–Trinajstić information content (AvgIpc) is 2.29. The van der Waals surface area contributed by atoms with Crippen LogP contribution in [0.2, 0.25) is 0 Å². The summed E-state index contributed by atoms with van der Waals surface area (Å²) in [4.78, 5) is 10.6. The Bertz CT molecular complexity index is 253. The molecule has 0 N–H and O–H groups in total. The van der Waals surface area contributed by atoms with E-state index >= 15 is 0 Å². The van der Waals surface area contributed by atoms with E-state index in [9.17, 15) is 4.79 Å². The Hall–Kier alpha value is -1.05. The molecule has 0 aromatic carbocycles. The van der Waals surface area contributed by atoms with E-state index in [-0.39, 0.29) is 5.97 Å². The second-order valence-corrected chi connectivity index (χ2v) is 3.98. The van der Waals surface area contributed by atoms with Crippen molar-refractivity contribution in [3.05, 3.63) is 24.3 Å². The Morgan fingerprint density at radius 2 is 1.94 bits per heavy atom. The molecule has 0 heterocycles. The van der Waals surface area contributed by atoms with Crippen molar-refractivity contribution in [1.29, 1.82) is 0 Å². The zero-order valence-electron chi connectivity index (χ0n) is 11.0. The van der Waals surface area contributed by atoms with Crippen LogP contribution in [0.3, 0.4) is 0 Å². The highest BCUT2D eigenvalue weighted by Gasteiger charge is 2.16. The van der Waals surface area contributed by atoms with E-state index in [0.717, 1.165) is 12.8 Å². The van der Waals surface area contributed by atoms with Crippen molar-refractivity contribution < 1.29 is 9.53 Å². The SMILES string of the molecule is C=C(C)C1C=CC(COC(C)=O)CC1.CC. The summed E-state index contributed by atoms with van der Waals surface area (Å²) in [5, 5.41) is 0. The molecule has 0 bridgehead atoms. The van der Waals surface area contributed by atoms with Crippen LogP contribution in [0.1, 0.15) is 40.5 Å². The Kier molecular flexibility index (Phi) is 7.61. The summed E-state index contributed by atoms with van der Waals surface area (Å²) in [6.07, 6.45) is 6.53. The van der Waals surface area contributed by atoms with Gasteiger partial charge >= 0.3 is 5.97 Å². The van der Waals surface area contributed by atoms with E-state index in [1.54, 1.807) is 0 Å². The van der Waals surface area contributed by atoms with Crippen LogP contribution in [-0.2, 0) is 9.53 Å². The summed E-state index contributed by atoms with van der Waals surface area (Å²) in [5.74, 6) is 0.721. The highest BCUT2D eigenvalue weighted by Crippen LogP contribution is 2.26. The number of hydrogen-bond donors (Lipinski definition) is 0. The molecule has 2 unspecified atom stereocenters. The molecule has 1 rings (SSSR count). The molecular weight excluding hydrogens is 200 g/mol. The normalized spacial score (nSPS) is 23.0. The first-order valence-corrected chi connectivity index (χ1v) is 6.06. The van der Waals surface area contributed by atoms with Crippen molar-refractivity contribution in [1.82, 2.24) is 0 Å². The van der Waals surface area contributed by atoms with Crippen LogP contribution in [0.15, 0.2) is 24.3 Å². The number of esters is 1. The van der Waals surface area contributed by atoms with Gasteiger partial charge < -0.3 is 4.74 Å². The minimum absolute atomic E-state index is 0.194. The van der Waals surface area contributed by atoms with Crippen molar-refractivity contribution in [3.8, 4) is 0 Å². The van der Waals surface area contributed by atoms with Gasteiger partial charge in [-0.25, -0.2) is 0 Å². The lowest BCUT2D eigenvalue weighted by atomic mass is 9.85. The second-order valence-electron chi connectivity index (χ2n) is 3.98. The fourth-order valence-electron chi connectivity index (χ4n) is 1.65. The lowest BCUT2D eigenvalue weighted by Crippen LogP contribution is -2.15. The van der Waals surface area contributed by atoms with Crippen molar-refractivity contribution in [2.24, 2.45) is 11.8 Å². The number of rotatable bonds is 3. The Labute approximate surface area is 99.4 Å². The van der Waals surface area contributed by atoms with Gasteiger partial charge in [0.25, 0.3) is 0 Å². The van der Waals surface area contributed by atoms with Crippen LogP contribution in [0, 0.1) is 11.8 Å². The van der Waals surface area contributed by atoms with Crippen LogP contribution >= 0.6 is 0 Å². The molecule has 0 amide bonds. The van der Waals surface area contributed by atoms with Gasteiger partial charge in [0.15, 0.2) is 0 Å². The van der Waals surface area contributed by atoms with E-state index in [0.29, 0.717) is 18.4 Å². The third-order valence-corrected chi connectivity index (χ3v) is 2.60. The van der Waals surface area contributed by atoms with Gasteiger partial charge in [-0.3, -0.25) is 4.79 Å². The summed E-state index contributed by atoms with van der Waals surface area (Å²) in [7, 11) is 0. The van der Waals surface area contributed by atoms with Crippen molar-refractivity contribution in [2.45, 2.75) is 40.5 Å². The molecule has 1 aliphatic rings. The molecule has 1 aliphatic carbocycles. The lowest BCUT2D eigenvalue weighted by Gasteiger charge is -2.22. The molecule has 0 aliphatic heterocycles. The molecule has 0 saturated heterocycles. The van der Waals surface area contributed by atoms with Gasteiger partial charge in [-0.05, 0) is 25.7 Å². The maximum Gasteiger partial charge on any atom is 0.302 e. The summed E-state index contributed by atoms with van der Waals surface area (Å²) < 4.78 is 4.96. The Morgan fingerprint density at radius 1 is 1.31 bits per heavy atom. The topological polar surface area (TPSA) is 26.3 Å². The lowest BCUT2D eigenvalue weighted by molar-refractivity contribution is -0.141. The molecule has 16 heavy (non-hydrogen) atoms. The van der Waals surface area contributed by atoms with Crippen molar-refractivity contribution in [2.75, 3.05) is 6.61 Å². The largest absolute Gasteiger partial charge is 0.465 e. The van der Waals surface area contributed by atoms with E-state index < -0.39 is 0 Å². The van der Waals surface area contributed by atoms with Gasteiger partial charge in [-0.2, -0.15) is 0 Å². The first-order chi connectivity index (χ1) is 7.59. The highest BCUT2D eigenvalue weighted by atomic mass is 16.5. The molecular formula is C14H24O2. The van der Waals surface area contributed by atoms with Crippen molar-refractivity contribution >= 4 is 5.97 Å². The standard InChI is InChI=1S/C12H18O2.C2H6/c1-9(2)12-6-4-11(5-7-12)8-14-10(3)13;1-2/h4,6,11-12H,1,5,7-8H2,2-3H3;1-2H3. The minimum Gasteiger partial charge on any atom is -0.465 e. The van der Waals surface area contributed by atoms with Crippen LogP contribution < -0.4 is 0 Å². The third kappa shape index (κ3) is 5.74. The molecule has 92 valence electrons. The number of ether oxygens (including phenoxy) is 1. The predicted octanol–water partition coefficient (Wildman–Crippen LogP) is 3.73. The van der Waals surface area contributed by atoms with Gasteiger partial charge in [0.1, 0.15) is 0 Å². The summed E-state index contributed by atoms with van der Waals surface area (Å²) >= 11 is 0. The molecule has 0 saturated carbocycles. The third-order valence-electron chi connectivity index (χ3n) is 2.60. The monoisotopic (exact) mass is 224 g/mol. The number of carbonyl (C=O) groups excluding carboxylic acids is 1. The maximum absolute atomic E-state index is 10.6. The number of hydrogen-bond acceptors (Lipinski definition) is 2. The zero-order valence-corrected chi connectivity index (χ0v) is 11.0. The van der Waals surface area contributed by atoms with Crippen molar-refractivity contribution in [3.63, 3.8) is 0 Å². The molecule has 2 nitrogen and oxygen atoms in total. The number of carbonyl (C=O) groups is 1. The molecule has 0 spiro atoms. The molecule has 2 atom stereocenters. The fourth-order valence-corrected chi connectivity index (χ4v) is 1.65. The van der Waals surface area contributed by atoms with E-state index in [1.165, 1.54) is 12.5 Å². The molecule has 0 aromatic heterocycles. The highest BCUT2D eigenvalue weighted by molar-refractivity contribution is 5.65.